The number of nitrogens with one attached hydrogen (secondary N) is 3. The van der Waals surface area contributed by atoms with E-state index in [4.69, 9.17) is 0 Å². The van der Waals surface area contributed by atoms with Crippen molar-refractivity contribution in [2.75, 3.05) is 6.54 Å². The molecule has 4 rings (SSSR count). The number of rotatable bonds is 5. The molecule has 2 fully saturated rings. The molecule has 3 aliphatic rings. The lowest BCUT2D eigenvalue weighted by molar-refractivity contribution is -0.126. The fraction of sp³-hybridized carbons (Fsp3) is 0.600. The molecule has 5 nitrogen and oxygen atoms in total. The van der Waals surface area contributed by atoms with Gasteiger partial charge in [-0.05, 0) is 51.6 Å². The molecule has 33 heavy (non-hydrogen) atoms. The van der Waals surface area contributed by atoms with Gasteiger partial charge < -0.3 is 16.0 Å². The number of carbonyl (C=O) groups is 2. The van der Waals surface area contributed by atoms with Crippen LogP contribution in [-0.2, 0) is 9.59 Å². The molecule has 2 amide bonds. The van der Waals surface area contributed by atoms with E-state index >= 15 is 0 Å². The molecule has 8 heteroatoms. The molecule has 1 aromatic carbocycles. The van der Waals surface area contributed by atoms with Crippen LogP contribution >= 0.6 is 15.9 Å². The van der Waals surface area contributed by atoms with Gasteiger partial charge in [-0.15, -0.1) is 0 Å². The molecule has 4 atom stereocenters. The summed E-state index contributed by atoms with van der Waals surface area (Å²) in [5.74, 6) is -1.43. The highest BCUT2D eigenvalue weighted by Crippen LogP contribution is 2.49. The van der Waals surface area contributed by atoms with E-state index in [-0.39, 0.29) is 40.2 Å². The summed E-state index contributed by atoms with van der Waals surface area (Å²) in [6.07, 6.45) is 6.63. The van der Waals surface area contributed by atoms with Gasteiger partial charge in [-0.25, -0.2) is 8.78 Å². The van der Waals surface area contributed by atoms with Crippen LogP contribution in [0.5, 0.6) is 0 Å². The van der Waals surface area contributed by atoms with Gasteiger partial charge in [-0.1, -0.05) is 46.8 Å². The predicted octanol–water partition coefficient (Wildman–Crippen LogP) is 4.63. The van der Waals surface area contributed by atoms with Crippen molar-refractivity contribution in [3.05, 3.63) is 46.5 Å². The van der Waals surface area contributed by atoms with Gasteiger partial charge in [-0.2, -0.15) is 0 Å². The Hall–Kier alpha value is -1.80. The molecule has 1 saturated heterocycles. The molecule has 3 unspecified atom stereocenters. The maximum absolute atomic E-state index is 14.1. The highest BCUT2D eigenvalue weighted by Gasteiger charge is 2.54. The Morgan fingerprint density at radius 2 is 2.00 bits per heavy atom. The quantitative estimate of drug-likeness (QED) is 0.389. The van der Waals surface area contributed by atoms with E-state index in [1.165, 1.54) is 31.4 Å². The van der Waals surface area contributed by atoms with Gasteiger partial charge in [0.15, 0.2) is 0 Å². The minimum absolute atomic E-state index is 0.0130. The predicted molar refractivity (Wildman–Crippen MR) is 127 cm³/mol. The van der Waals surface area contributed by atoms with Crippen LogP contribution in [0.4, 0.5) is 8.78 Å². The van der Waals surface area contributed by atoms with Gasteiger partial charge in [-0.3, -0.25) is 9.59 Å². The van der Waals surface area contributed by atoms with E-state index in [2.05, 4.69) is 31.9 Å². The summed E-state index contributed by atoms with van der Waals surface area (Å²) in [7, 11) is 0. The third-order valence-electron chi connectivity index (χ3n) is 7.77. The van der Waals surface area contributed by atoms with Crippen LogP contribution in [0.2, 0.25) is 0 Å². The fourth-order valence-corrected chi connectivity index (χ4v) is 7.23. The van der Waals surface area contributed by atoms with Gasteiger partial charge in [0, 0.05) is 23.1 Å². The lowest BCUT2D eigenvalue weighted by Gasteiger charge is -2.55. The molecule has 0 radical (unpaired) electrons. The first-order valence-electron chi connectivity index (χ1n) is 11.9. The average molecular weight is 524 g/mol. The number of halogens is 3. The lowest BCUT2D eigenvalue weighted by atomic mass is 9.61. The van der Waals surface area contributed by atoms with Crippen molar-refractivity contribution in [1.82, 2.24) is 16.0 Å². The van der Waals surface area contributed by atoms with Gasteiger partial charge in [0.1, 0.15) is 11.6 Å². The SMILES string of the molecule is CC1=C(CC(=O)N[C@@H](C)c2ccc(F)cc2F)C(=O)NC2(C3CCCCC3)CCNC(Br)C12. The maximum Gasteiger partial charge on any atom is 0.248 e. The number of hydrogen-bond acceptors (Lipinski definition) is 3. The highest BCUT2D eigenvalue weighted by molar-refractivity contribution is 9.09. The van der Waals surface area contributed by atoms with Crippen LogP contribution in [0.3, 0.4) is 0 Å². The van der Waals surface area contributed by atoms with E-state index in [1.54, 1.807) is 6.92 Å². The van der Waals surface area contributed by atoms with Crippen molar-refractivity contribution in [1.29, 1.82) is 0 Å². The van der Waals surface area contributed by atoms with Crippen LogP contribution in [0.15, 0.2) is 29.3 Å². The molecule has 0 bridgehead atoms. The molecular weight excluding hydrogens is 492 g/mol. The van der Waals surface area contributed by atoms with Gasteiger partial charge in [0.2, 0.25) is 11.8 Å². The second kappa shape index (κ2) is 9.82. The van der Waals surface area contributed by atoms with Crippen LogP contribution in [0, 0.1) is 23.5 Å². The second-order valence-electron chi connectivity index (χ2n) is 9.71. The smallest absolute Gasteiger partial charge is 0.248 e. The number of amides is 2. The lowest BCUT2D eigenvalue weighted by Crippen LogP contribution is -2.69. The monoisotopic (exact) mass is 523 g/mol. The van der Waals surface area contributed by atoms with E-state index in [0.717, 1.165) is 37.4 Å². The first-order valence-corrected chi connectivity index (χ1v) is 12.8. The topological polar surface area (TPSA) is 70.2 Å². The summed E-state index contributed by atoms with van der Waals surface area (Å²) in [5.41, 5.74) is 1.32. The Morgan fingerprint density at radius 3 is 2.70 bits per heavy atom. The van der Waals surface area contributed by atoms with Crippen molar-refractivity contribution in [2.45, 2.75) is 75.3 Å². The molecule has 0 aromatic heterocycles. The summed E-state index contributed by atoms with van der Waals surface area (Å²) in [6, 6.07) is 2.65. The Morgan fingerprint density at radius 1 is 1.27 bits per heavy atom. The first-order chi connectivity index (χ1) is 15.7. The molecule has 180 valence electrons. The zero-order valence-corrected chi connectivity index (χ0v) is 20.7. The minimum Gasteiger partial charge on any atom is -0.349 e. The molecule has 3 N–H and O–H groups in total. The second-order valence-corrected chi connectivity index (χ2v) is 10.7. The van der Waals surface area contributed by atoms with Gasteiger partial charge in [0.25, 0.3) is 0 Å². The Labute approximate surface area is 202 Å². The number of fused-ring (bicyclic) bond motifs is 1. The molecule has 1 aromatic rings. The zero-order chi connectivity index (χ0) is 23.8. The number of alkyl halides is 1. The van der Waals surface area contributed by atoms with Crippen molar-refractivity contribution in [3.63, 3.8) is 0 Å². The maximum atomic E-state index is 14.1. The highest BCUT2D eigenvalue weighted by atomic mass is 79.9. The Kier molecular flexibility index (Phi) is 7.24. The first kappa shape index (κ1) is 24.3. The molecule has 0 spiro atoms. The largest absolute Gasteiger partial charge is 0.349 e. The molecule has 1 saturated carbocycles. The third-order valence-corrected chi connectivity index (χ3v) is 8.62. The number of piperidine rings is 1. The standard InChI is InChI=1S/C25H32BrF2N3O2/c1-14-19(13-21(32)30-15(2)18-9-8-17(27)12-20(18)28)24(33)31-25(16-6-4-3-5-7-16)10-11-29-23(26)22(14)25/h8-9,12,15-16,22-23,29H,3-7,10-11,13H2,1-2H3,(H,30,32)(H,31,33)/t15-,22?,23?,25?/m0/s1. The average Bonchev–Trinajstić information content (AvgIpc) is 2.77. The summed E-state index contributed by atoms with van der Waals surface area (Å²) < 4.78 is 27.3. The third kappa shape index (κ3) is 4.74. The van der Waals surface area contributed by atoms with E-state index < -0.39 is 17.7 Å². The van der Waals surface area contributed by atoms with E-state index in [9.17, 15) is 18.4 Å². The molecule has 2 heterocycles. The van der Waals surface area contributed by atoms with Gasteiger partial charge in [0.05, 0.1) is 23.0 Å². The molecule has 2 aliphatic heterocycles. The zero-order valence-electron chi connectivity index (χ0n) is 19.1. The Balaban J connectivity index is 1.55. The van der Waals surface area contributed by atoms with Gasteiger partial charge >= 0.3 is 0 Å². The van der Waals surface area contributed by atoms with E-state index in [1.807, 2.05) is 6.92 Å². The number of carbonyl (C=O) groups excluding carboxylic acids is 2. The summed E-state index contributed by atoms with van der Waals surface area (Å²) >= 11 is 3.80. The number of benzene rings is 1. The Bertz CT molecular complexity index is 963. The van der Waals surface area contributed by atoms with Crippen LogP contribution in [0.1, 0.15) is 70.4 Å². The van der Waals surface area contributed by atoms with Crippen molar-refractivity contribution >= 4 is 27.7 Å². The van der Waals surface area contributed by atoms with E-state index in [0.29, 0.717) is 11.5 Å². The minimum atomic E-state index is -0.707. The fourth-order valence-electron chi connectivity index (χ4n) is 6.13. The summed E-state index contributed by atoms with van der Waals surface area (Å²) in [6.45, 7) is 4.44. The summed E-state index contributed by atoms with van der Waals surface area (Å²) in [4.78, 5) is 26.2. The van der Waals surface area contributed by atoms with Crippen molar-refractivity contribution in [2.24, 2.45) is 11.8 Å². The number of hydrogen-bond donors (Lipinski definition) is 3. The summed E-state index contributed by atoms with van der Waals surface area (Å²) in [5, 5.41) is 9.61. The van der Waals surface area contributed by atoms with Crippen molar-refractivity contribution < 1.29 is 18.4 Å². The van der Waals surface area contributed by atoms with Crippen LogP contribution < -0.4 is 16.0 Å². The molecular formula is C25H32BrF2N3O2. The van der Waals surface area contributed by atoms with Crippen LogP contribution in [0.25, 0.3) is 0 Å². The molecule has 1 aliphatic carbocycles. The normalized spacial score (nSPS) is 29.3. The van der Waals surface area contributed by atoms with Crippen LogP contribution in [-0.4, -0.2) is 28.8 Å². The van der Waals surface area contributed by atoms with Crippen molar-refractivity contribution in [3.8, 4) is 0 Å².